The molecule has 22 heavy (non-hydrogen) atoms. The standard InChI is InChI=1S/C16H26N2O3S/c1-12-7-8-14(11-13(12)2)17-15(19)9-10-18(16(3,4)5)22(6,20)21/h7-8,11H,9-10H2,1-6H3,(H,17,19). The van der Waals surface area contributed by atoms with Crippen LogP contribution in [0.1, 0.15) is 38.3 Å². The molecule has 0 saturated heterocycles. The third kappa shape index (κ3) is 5.42. The Kier molecular flexibility index (Phi) is 5.76. The highest BCUT2D eigenvalue weighted by Crippen LogP contribution is 2.18. The van der Waals surface area contributed by atoms with E-state index in [9.17, 15) is 13.2 Å². The molecule has 1 N–H and O–H groups in total. The molecule has 0 saturated carbocycles. The number of carbonyl (C=O) groups excluding carboxylic acids is 1. The van der Waals surface area contributed by atoms with Crippen LogP contribution in [0.15, 0.2) is 18.2 Å². The predicted molar refractivity (Wildman–Crippen MR) is 90.5 cm³/mol. The Balaban J connectivity index is 2.70. The molecule has 0 spiro atoms. The minimum absolute atomic E-state index is 0.122. The largest absolute Gasteiger partial charge is 0.326 e. The molecule has 0 unspecified atom stereocenters. The SMILES string of the molecule is Cc1ccc(NC(=O)CCN(C(C)(C)C)S(C)(=O)=O)cc1C. The molecule has 0 heterocycles. The van der Waals surface area contributed by atoms with Crippen molar-refractivity contribution in [2.24, 2.45) is 0 Å². The Morgan fingerprint density at radius 1 is 1.18 bits per heavy atom. The van der Waals surface area contributed by atoms with Crippen LogP contribution in [0.2, 0.25) is 0 Å². The molecule has 0 bridgehead atoms. The van der Waals surface area contributed by atoms with Crippen molar-refractivity contribution in [2.75, 3.05) is 18.1 Å². The fraction of sp³-hybridized carbons (Fsp3) is 0.562. The summed E-state index contributed by atoms with van der Waals surface area (Å²) in [6.07, 6.45) is 1.29. The zero-order valence-electron chi connectivity index (χ0n) is 14.2. The number of aryl methyl sites for hydroxylation is 2. The van der Waals surface area contributed by atoms with Gasteiger partial charge in [0.25, 0.3) is 0 Å². The van der Waals surface area contributed by atoms with Crippen molar-refractivity contribution in [2.45, 2.75) is 46.6 Å². The van der Waals surface area contributed by atoms with Gasteiger partial charge in [-0.2, -0.15) is 4.31 Å². The molecule has 124 valence electrons. The first kappa shape index (κ1) is 18.6. The van der Waals surface area contributed by atoms with Crippen LogP contribution < -0.4 is 5.32 Å². The first-order chi connectivity index (χ1) is 9.91. The molecule has 0 aromatic heterocycles. The van der Waals surface area contributed by atoms with E-state index in [4.69, 9.17) is 0 Å². The van der Waals surface area contributed by atoms with E-state index in [0.29, 0.717) is 0 Å². The van der Waals surface area contributed by atoms with Crippen molar-refractivity contribution >= 4 is 21.6 Å². The summed E-state index contributed by atoms with van der Waals surface area (Å²) in [7, 11) is -3.35. The molecule has 0 radical (unpaired) electrons. The molecule has 6 heteroatoms. The summed E-state index contributed by atoms with van der Waals surface area (Å²) >= 11 is 0. The topological polar surface area (TPSA) is 66.5 Å². The zero-order valence-corrected chi connectivity index (χ0v) is 15.0. The van der Waals surface area contributed by atoms with Crippen LogP contribution in [0.4, 0.5) is 5.69 Å². The average Bonchev–Trinajstić information content (AvgIpc) is 2.30. The van der Waals surface area contributed by atoms with Crippen molar-refractivity contribution < 1.29 is 13.2 Å². The van der Waals surface area contributed by atoms with Crippen LogP contribution >= 0.6 is 0 Å². The molecule has 0 atom stereocenters. The van der Waals surface area contributed by atoms with Gasteiger partial charge in [-0.1, -0.05) is 6.07 Å². The van der Waals surface area contributed by atoms with Crippen molar-refractivity contribution in [3.63, 3.8) is 0 Å². The van der Waals surface area contributed by atoms with E-state index in [-0.39, 0.29) is 18.9 Å². The van der Waals surface area contributed by atoms with Gasteiger partial charge in [-0.15, -0.1) is 0 Å². The maximum absolute atomic E-state index is 12.0. The highest BCUT2D eigenvalue weighted by Gasteiger charge is 2.29. The first-order valence-corrected chi connectivity index (χ1v) is 9.11. The molecule has 1 aromatic carbocycles. The number of rotatable bonds is 5. The minimum atomic E-state index is -3.35. The average molecular weight is 326 g/mol. The lowest BCUT2D eigenvalue weighted by Crippen LogP contribution is -2.46. The second kappa shape index (κ2) is 6.79. The number of sulfonamides is 1. The summed E-state index contributed by atoms with van der Waals surface area (Å²) in [6, 6.07) is 5.70. The molecular weight excluding hydrogens is 300 g/mol. The highest BCUT2D eigenvalue weighted by atomic mass is 32.2. The summed E-state index contributed by atoms with van der Waals surface area (Å²) in [6.45, 7) is 9.60. The number of amides is 1. The van der Waals surface area contributed by atoms with Gasteiger partial charge in [-0.05, 0) is 57.9 Å². The van der Waals surface area contributed by atoms with Gasteiger partial charge in [0, 0.05) is 24.2 Å². The van der Waals surface area contributed by atoms with Crippen molar-refractivity contribution in [1.29, 1.82) is 0 Å². The molecule has 0 aliphatic carbocycles. The predicted octanol–water partition coefficient (Wildman–Crippen LogP) is 2.69. The van der Waals surface area contributed by atoms with Gasteiger partial charge in [-0.25, -0.2) is 8.42 Å². The van der Waals surface area contributed by atoms with E-state index in [0.717, 1.165) is 16.8 Å². The normalized spacial score (nSPS) is 12.5. The van der Waals surface area contributed by atoms with Gasteiger partial charge in [0.15, 0.2) is 0 Å². The number of carbonyl (C=O) groups is 1. The van der Waals surface area contributed by atoms with Gasteiger partial charge in [-0.3, -0.25) is 4.79 Å². The Hall–Kier alpha value is -1.40. The summed E-state index contributed by atoms with van der Waals surface area (Å²) < 4.78 is 25.0. The van der Waals surface area contributed by atoms with Crippen LogP contribution in [0.25, 0.3) is 0 Å². The van der Waals surface area contributed by atoms with E-state index >= 15 is 0 Å². The smallest absolute Gasteiger partial charge is 0.225 e. The number of hydrogen-bond acceptors (Lipinski definition) is 3. The summed E-state index contributed by atoms with van der Waals surface area (Å²) in [5.74, 6) is -0.193. The van der Waals surface area contributed by atoms with Gasteiger partial charge < -0.3 is 5.32 Å². The van der Waals surface area contributed by atoms with Crippen LogP contribution in [0.3, 0.4) is 0 Å². The zero-order chi connectivity index (χ0) is 17.1. The third-order valence-electron chi connectivity index (χ3n) is 3.48. The van der Waals surface area contributed by atoms with Gasteiger partial charge in [0.2, 0.25) is 15.9 Å². The molecular formula is C16H26N2O3S. The fourth-order valence-corrected chi connectivity index (χ4v) is 3.66. The van der Waals surface area contributed by atoms with E-state index in [1.165, 1.54) is 10.6 Å². The Labute approximate surface area is 133 Å². The van der Waals surface area contributed by atoms with E-state index < -0.39 is 15.6 Å². The second-order valence-corrected chi connectivity index (χ2v) is 8.51. The number of nitrogens with one attached hydrogen (secondary N) is 1. The van der Waals surface area contributed by atoms with Crippen LogP contribution in [0.5, 0.6) is 0 Å². The summed E-state index contributed by atoms with van der Waals surface area (Å²) in [4.78, 5) is 12.0. The van der Waals surface area contributed by atoms with E-state index in [1.54, 1.807) is 0 Å². The fourth-order valence-electron chi connectivity index (χ4n) is 2.24. The van der Waals surface area contributed by atoms with Crippen molar-refractivity contribution in [3.8, 4) is 0 Å². The number of nitrogens with zero attached hydrogens (tertiary/aromatic N) is 1. The highest BCUT2D eigenvalue weighted by molar-refractivity contribution is 7.88. The maximum Gasteiger partial charge on any atom is 0.225 e. The van der Waals surface area contributed by atoms with E-state index in [1.807, 2.05) is 52.8 Å². The number of hydrogen-bond donors (Lipinski definition) is 1. The molecule has 0 fully saturated rings. The summed E-state index contributed by atoms with van der Waals surface area (Å²) in [5.41, 5.74) is 2.45. The number of benzene rings is 1. The molecule has 1 amide bonds. The van der Waals surface area contributed by atoms with Crippen LogP contribution in [-0.4, -0.2) is 37.0 Å². The van der Waals surface area contributed by atoms with Gasteiger partial charge >= 0.3 is 0 Å². The molecule has 1 aromatic rings. The van der Waals surface area contributed by atoms with Crippen molar-refractivity contribution in [1.82, 2.24) is 4.31 Å². The lowest BCUT2D eigenvalue weighted by Gasteiger charge is -2.33. The maximum atomic E-state index is 12.0. The van der Waals surface area contributed by atoms with Gasteiger partial charge in [0.1, 0.15) is 0 Å². The second-order valence-electron chi connectivity index (χ2n) is 6.60. The van der Waals surface area contributed by atoms with Crippen LogP contribution in [-0.2, 0) is 14.8 Å². The summed E-state index contributed by atoms with van der Waals surface area (Å²) in [5, 5.41) is 2.81. The molecule has 5 nitrogen and oxygen atoms in total. The Bertz CT molecular complexity index is 646. The van der Waals surface area contributed by atoms with E-state index in [2.05, 4.69) is 5.32 Å². The van der Waals surface area contributed by atoms with Crippen molar-refractivity contribution in [3.05, 3.63) is 29.3 Å². The minimum Gasteiger partial charge on any atom is -0.326 e. The molecule has 0 aliphatic rings. The van der Waals surface area contributed by atoms with Gasteiger partial charge in [0.05, 0.1) is 6.26 Å². The first-order valence-electron chi connectivity index (χ1n) is 7.26. The Morgan fingerprint density at radius 3 is 2.23 bits per heavy atom. The Morgan fingerprint density at radius 2 is 1.77 bits per heavy atom. The quantitative estimate of drug-likeness (QED) is 0.904. The third-order valence-corrected chi connectivity index (χ3v) is 5.01. The molecule has 1 rings (SSSR count). The lowest BCUT2D eigenvalue weighted by molar-refractivity contribution is -0.116. The number of anilines is 1. The van der Waals surface area contributed by atoms with Crippen LogP contribution in [0, 0.1) is 13.8 Å². The molecule has 0 aliphatic heterocycles. The monoisotopic (exact) mass is 326 g/mol. The lowest BCUT2D eigenvalue weighted by atomic mass is 10.1.